The SMILES string of the molecule is CCCCCCCCCCCCCCCCOCC(COCC1CO1)OCCCCCCCCCCCCCCCC. The summed E-state index contributed by atoms with van der Waals surface area (Å²) in [6.07, 6.45) is 39.3. The van der Waals surface area contributed by atoms with E-state index in [0.29, 0.717) is 25.9 Å². The van der Waals surface area contributed by atoms with Crippen LogP contribution in [0, 0.1) is 0 Å². The lowest BCUT2D eigenvalue weighted by atomic mass is 10.0. The van der Waals surface area contributed by atoms with Crippen LogP contribution in [0.4, 0.5) is 0 Å². The largest absolute Gasteiger partial charge is 0.379 e. The standard InChI is InChI=1S/C38H76O4/c1-3-5-7-9-11-13-15-17-19-21-23-25-27-29-31-39-33-37(34-40-35-38-36-42-38)41-32-30-28-26-24-22-20-18-16-14-12-10-8-6-4-2/h37-38H,3-36H2,1-2H3. The summed E-state index contributed by atoms with van der Waals surface area (Å²) in [5.41, 5.74) is 0. The van der Waals surface area contributed by atoms with Crippen molar-refractivity contribution < 1.29 is 18.9 Å². The number of unbranched alkanes of at least 4 members (excludes halogenated alkanes) is 26. The highest BCUT2D eigenvalue weighted by atomic mass is 16.6. The molecule has 0 spiro atoms. The monoisotopic (exact) mass is 597 g/mol. The molecule has 0 bridgehead atoms. The van der Waals surface area contributed by atoms with Gasteiger partial charge in [0, 0.05) is 13.2 Å². The second-order valence-electron chi connectivity index (χ2n) is 13.3. The molecule has 4 heteroatoms. The van der Waals surface area contributed by atoms with Gasteiger partial charge in [-0.3, -0.25) is 0 Å². The first-order chi connectivity index (χ1) is 20.9. The average molecular weight is 597 g/mol. The summed E-state index contributed by atoms with van der Waals surface area (Å²) in [7, 11) is 0. The number of hydrogen-bond donors (Lipinski definition) is 0. The van der Waals surface area contributed by atoms with E-state index in [-0.39, 0.29) is 6.10 Å². The Bertz CT molecular complexity index is 495. The zero-order valence-corrected chi connectivity index (χ0v) is 28.8. The maximum atomic E-state index is 6.18. The molecule has 2 unspecified atom stereocenters. The molecule has 1 aliphatic heterocycles. The van der Waals surface area contributed by atoms with Gasteiger partial charge in [-0.25, -0.2) is 0 Å². The topological polar surface area (TPSA) is 40.2 Å². The predicted octanol–water partition coefficient (Wildman–Crippen LogP) is 11.8. The van der Waals surface area contributed by atoms with Crippen LogP contribution in [0.25, 0.3) is 0 Å². The molecule has 252 valence electrons. The summed E-state index contributed by atoms with van der Waals surface area (Å²) in [5, 5.41) is 0. The average Bonchev–Trinajstić information content (AvgIpc) is 3.83. The van der Waals surface area contributed by atoms with E-state index in [2.05, 4.69) is 13.8 Å². The highest BCUT2D eigenvalue weighted by Gasteiger charge is 2.23. The van der Waals surface area contributed by atoms with E-state index in [0.717, 1.165) is 26.2 Å². The maximum absolute atomic E-state index is 6.18. The van der Waals surface area contributed by atoms with E-state index < -0.39 is 0 Å². The van der Waals surface area contributed by atoms with Gasteiger partial charge < -0.3 is 18.9 Å². The van der Waals surface area contributed by atoms with Crippen molar-refractivity contribution in [3.8, 4) is 0 Å². The van der Waals surface area contributed by atoms with Gasteiger partial charge >= 0.3 is 0 Å². The normalized spacial score (nSPS) is 15.4. The summed E-state index contributed by atoms with van der Waals surface area (Å²) in [5.74, 6) is 0. The van der Waals surface area contributed by atoms with Gasteiger partial charge in [0.25, 0.3) is 0 Å². The van der Waals surface area contributed by atoms with Gasteiger partial charge in [0.2, 0.25) is 0 Å². The summed E-state index contributed by atoms with van der Waals surface area (Å²) in [4.78, 5) is 0. The third kappa shape index (κ3) is 31.3. The van der Waals surface area contributed by atoms with E-state index in [1.807, 2.05) is 0 Å². The highest BCUT2D eigenvalue weighted by Crippen LogP contribution is 2.15. The molecule has 1 fully saturated rings. The summed E-state index contributed by atoms with van der Waals surface area (Å²) >= 11 is 0. The lowest BCUT2D eigenvalue weighted by Crippen LogP contribution is -2.27. The first-order valence-electron chi connectivity index (χ1n) is 19.3. The predicted molar refractivity (Wildman–Crippen MR) is 182 cm³/mol. The fourth-order valence-corrected chi connectivity index (χ4v) is 5.80. The van der Waals surface area contributed by atoms with Gasteiger partial charge in [-0.05, 0) is 12.8 Å². The molecule has 0 aromatic rings. The van der Waals surface area contributed by atoms with Crippen molar-refractivity contribution in [3.63, 3.8) is 0 Å². The lowest BCUT2D eigenvalue weighted by Gasteiger charge is -2.18. The minimum atomic E-state index is 0.0531. The smallest absolute Gasteiger partial charge is 0.104 e. The van der Waals surface area contributed by atoms with E-state index in [1.54, 1.807) is 0 Å². The van der Waals surface area contributed by atoms with Crippen molar-refractivity contribution in [2.75, 3.05) is 39.6 Å². The molecular formula is C38H76O4. The van der Waals surface area contributed by atoms with Crippen LogP contribution in [0.15, 0.2) is 0 Å². The third-order valence-corrected chi connectivity index (χ3v) is 8.81. The molecular weight excluding hydrogens is 520 g/mol. The molecule has 0 aromatic carbocycles. The summed E-state index contributed by atoms with van der Waals surface area (Å²) in [6.45, 7) is 9.08. The minimum Gasteiger partial charge on any atom is -0.379 e. The Kier molecular flexibility index (Phi) is 32.0. The number of ether oxygens (including phenoxy) is 4. The lowest BCUT2D eigenvalue weighted by molar-refractivity contribution is -0.0627. The van der Waals surface area contributed by atoms with Crippen molar-refractivity contribution in [2.24, 2.45) is 0 Å². The van der Waals surface area contributed by atoms with Crippen molar-refractivity contribution in [3.05, 3.63) is 0 Å². The van der Waals surface area contributed by atoms with Crippen LogP contribution in [0.1, 0.15) is 194 Å². The van der Waals surface area contributed by atoms with Crippen LogP contribution in [0.3, 0.4) is 0 Å². The van der Waals surface area contributed by atoms with Crippen molar-refractivity contribution in [2.45, 2.75) is 206 Å². The molecule has 0 amide bonds. The molecule has 0 radical (unpaired) electrons. The first kappa shape index (κ1) is 39.9. The van der Waals surface area contributed by atoms with Gasteiger partial charge in [-0.2, -0.15) is 0 Å². The Hall–Kier alpha value is -0.160. The van der Waals surface area contributed by atoms with Crippen LogP contribution in [-0.2, 0) is 18.9 Å². The second-order valence-corrected chi connectivity index (χ2v) is 13.3. The fourth-order valence-electron chi connectivity index (χ4n) is 5.80. The molecule has 0 N–H and O–H groups in total. The molecule has 0 saturated carbocycles. The fraction of sp³-hybridized carbons (Fsp3) is 1.00. The zero-order valence-electron chi connectivity index (χ0n) is 28.8. The Morgan fingerprint density at radius 2 is 0.786 bits per heavy atom. The molecule has 4 nitrogen and oxygen atoms in total. The van der Waals surface area contributed by atoms with E-state index in [4.69, 9.17) is 18.9 Å². The number of hydrogen-bond acceptors (Lipinski definition) is 4. The van der Waals surface area contributed by atoms with E-state index in [1.165, 1.54) is 173 Å². The molecule has 1 aliphatic rings. The molecule has 0 aliphatic carbocycles. The highest BCUT2D eigenvalue weighted by molar-refractivity contribution is 4.68. The molecule has 1 saturated heterocycles. The Balaban J connectivity index is 1.89. The molecule has 2 atom stereocenters. The molecule has 1 heterocycles. The number of epoxide rings is 1. The number of rotatable bonds is 37. The summed E-state index contributed by atoms with van der Waals surface area (Å²) in [6, 6.07) is 0. The second kappa shape index (κ2) is 33.7. The maximum Gasteiger partial charge on any atom is 0.104 e. The van der Waals surface area contributed by atoms with Gasteiger partial charge in [-0.15, -0.1) is 0 Å². The van der Waals surface area contributed by atoms with Crippen LogP contribution < -0.4 is 0 Å². The van der Waals surface area contributed by atoms with E-state index in [9.17, 15) is 0 Å². The van der Waals surface area contributed by atoms with Crippen LogP contribution in [-0.4, -0.2) is 51.8 Å². The van der Waals surface area contributed by atoms with Crippen LogP contribution in [0.2, 0.25) is 0 Å². The van der Waals surface area contributed by atoms with Crippen molar-refractivity contribution >= 4 is 0 Å². The van der Waals surface area contributed by atoms with Gasteiger partial charge in [-0.1, -0.05) is 181 Å². The third-order valence-electron chi connectivity index (χ3n) is 8.81. The van der Waals surface area contributed by atoms with Crippen LogP contribution >= 0.6 is 0 Å². The van der Waals surface area contributed by atoms with Gasteiger partial charge in [0.05, 0.1) is 26.4 Å². The van der Waals surface area contributed by atoms with Crippen molar-refractivity contribution in [1.29, 1.82) is 0 Å². The van der Waals surface area contributed by atoms with Gasteiger partial charge in [0.15, 0.2) is 0 Å². The first-order valence-corrected chi connectivity index (χ1v) is 19.3. The van der Waals surface area contributed by atoms with Gasteiger partial charge in [0.1, 0.15) is 12.2 Å². The van der Waals surface area contributed by atoms with E-state index >= 15 is 0 Å². The molecule has 1 rings (SSSR count). The molecule has 0 aromatic heterocycles. The Morgan fingerprint density at radius 3 is 1.17 bits per heavy atom. The Labute approximate surface area is 264 Å². The quantitative estimate of drug-likeness (QED) is 0.0528. The Morgan fingerprint density at radius 1 is 0.452 bits per heavy atom. The molecule has 42 heavy (non-hydrogen) atoms. The zero-order chi connectivity index (χ0) is 30.0. The minimum absolute atomic E-state index is 0.0531. The van der Waals surface area contributed by atoms with Crippen molar-refractivity contribution in [1.82, 2.24) is 0 Å². The summed E-state index contributed by atoms with van der Waals surface area (Å²) < 4.78 is 23.3. The van der Waals surface area contributed by atoms with Crippen LogP contribution in [0.5, 0.6) is 0 Å².